The first-order valence-electron chi connectivity index (χ1n) is 6.11. The molecule has 1 aromatic rings. The third-order valence-electron chi connectivity index (χ3n) is 3.21. The molecule has 1 fully saturated rings. The van der Waals surface area contributed by atoms with Gasteiger partial charge in [0.05, 0.1) is 0 Å². The SMILES string of the molecule is Cc1nccn1CCN1CC(C)NC(C)C1. The lowest BCUT2D eigenvalue weighted by molar-refractivity contribution is 0.168. The predicted molar refractivity (Wildman–Crippen MR) is 65.5 cm³/mol. The molecule has 2 atom stereocenters. The highest BCUT2D eigenvalue weighted by Crippen LogP contribution is 2.04. The second-order valence-corrected chi connectivity index (χ2v) is 4.90. The van der Waals surface area contributed by atoms with Crippen LogP contribution in [0.4, 0.5) is 0 Å². The summed E-state index contributed by atoms with van der Waals surface area (Å²) in [5, 5.41) is 3.55. The third kappa shape index (κ3) is 2.83. The van der Waals surface area contributed by atoms with Crippen LogP contribution in [0.15, 0.2) is 12.4 Å². The van der Waals surface area contributed by atoms with Gasteiger partial charge in [-0.3, -0.25) is 4.90 Å². The molecule has 0 aliphatic carbocycles. The first kappa shape index (κ1) is 11.6. The molecule has 1 aliphatic heterocycles. The maximum Gasteiger partial charge on any atom is 0.105 e. The Labute approximate surface area is 97.7 Å². The van der Waals surface area contributed by atoms with Gasteiger partial charge in [-0.05, 0) is 20.8 Å². The number of aromatic nitrogens is 2. The molecule has 90 valence electrons. The number of aryl methyl sites for hydroxylation is 1. The van der Waals surface area contributed by atoms with Crippen LogP contribution in [0.25, 0.3) is 0 Å². The van der Waals surface area contributed by atoms with Gasteiger partial charge in [0.15, 0.2) is 0 Å². The summed E-state index contributed by atoms with van der Waals surface area (Å²) in [7, 11) is 0. The minimum atomic E-state index is 0.604. The normalized spacial score (nSPS) is 27.2. The van der Waals surface area contributed by atoms with E-state index in [-0.39, 0.29) is 0 Å². The van der Waals surface area contributed by atoms with E-state index in [0.29, 0.717) is 12.1 Å². The first-order valence-corrected chi connectivity index (χ1v) is 6.11. The lowest BCUT2D eigenvalue weighted by atomic mass is 10.1. The number of rotatable bonds is 3. The van der Waals surface area contributed by atoms with E-state index >= 15 is 0 Å². The standard InChI is InChI=1S/C12H22N4/c1-10-8-15(9-11(2)14-10)6-7-16-5-4-13-12(16)3/h4-5,10-11,14H,6-9H2,1-3H3. The van der Waals surface area contributed by atoms with E-state index in [9.17, 15) is 0 Å². The molecular formula is C12H22N4. The summed E-state index contributed by atoms with van der Waals surface area (Å²) in [5.41, 5.74) is 0. The summed E-state index contributed by atoms with van der Waals surface area (Å²) in [6.45, 7) is 11.0. The van der Waals surface area contributed by atoms with Crippen LogP contribution in [0, 0.1) is 6.92 Å². The highest BCUT2D eigenvalue weighted by Gasteiger charge is 2.20. The number of piperazine rings is 1. The van der Waals surface area contributed by atoms with Crippen LogP contribution >= 0.6 is 0 Å². The summed E-state index contributed by atoms with van der Waals surface area (Å²) in [4.78, 5) is 6.78. The number of nitrogens with one attached hydrogen (secondary N) is 1. The summed E-state index contributed by atoms with van der Waals surface area (Å²) in [5.74, 6) is 1.11. The minimum Gasteiger partial charge on any atom is -0.334 e. The van der Waals surface area contributed by atoms with E-state index in [1.165, 1.54) is 0 Å². The van der Waals surface area contributed by atoms with E-state index in [2.05, 4.69) is 46.7 Å². The topological polar surface area (TPSA) is 33.1 Å². The van der Waals surface area contributed by atoms with Gasteiger partial charge in [-0.1, -0.05) is 0 Å². The number of hydrogen-bond donors (Lipinski definition) is 1. The molecule has 0 saturated carbocycles. The zero-order valence-corrected chi connectivity index (χ0v) is 10.5. The summed E-state index contributed by atoms with van der Waals surface area (Å²) >= 11 is 0. The second kappa shape index (κ2) is 4.97. The van der Waals surface area contributed by atoms with E-state index < -0.39 is 0 Å². The third-order valence-corrected chi connectivity index (χ3v) is 3.21. The van der Waals surface area contributed by atoms with Crippen molar-refractivity contribution in [2.75, 3.05) is 19.6 Å². The van der Waals surface area contributed by atoms with Gasteiger partial charge in [-0.25, -0.2) is 4.98 Å². The van der Waals surface area contributed by atoms with Crippen molar-refractivity contribution >= 4 is 0 Å². The van der Waals surface area contributed by atoms with Crippen LogP contribution in [-0.2, 0) is 6.54 Å². The molecule has 2 rings (SSSR count). The van der Waals surface area contributed by atoms with Gasteiger partial charge in [0.1, 0.15) is 5.82 Å². The van der Waals surface area contributed by atoms with Crippen LogP contribution < -0.4 is 5.32 Å². The Balaban J connectivity index is 1.84. The second-order valence-electron chi connectivity index (χ2n) is 4.90. The molecule has 4 heteroatoms. The lowest BCUT2D eigenvalue weighted by Gasteiger charge is -2.36. The van der Waals surface area contributed by atoms with Gasteiger partial charge >= 0.3 is 0 Å². The molecule has 0 spiro atoms. The average molecular weight is 222 g/mol. The van der Waals surface area contributed by atoms with Gasteiger partial charge in [-0.15, -0.1) is 0 Å². The summed E-state index contributed by atoms with van der Waals surface area (Å²) in [6.07, 6.45) is 3.93. The van der Waals surface area contributed by atoms with Crippen molar-refractivity contribution < 1.29 is 0 Å². The fourth-order valence-corrected chi connectivity index (χ4v) is 2.51. The maximum absolute atomic E-state index is 4.24. The molecule has 0 bridgehead atoms. The van der Waals surface area contributed by atoms with Crippen molar-refractivity contribution in [3.05, 3.63) is 18.2 Å². The van der Waals surface area contributed by atoms with Crippen LogP contribution in [-0.4, -0.2) is 46.2 Å². The zero-order valence-electron chi connectivity index (χ0n) is 10.5. The molecule has 4 nitrogen and oxygen atoms in total. The predicted octanol–water partition coefficient (Wildman–Crippen LogP) is 0.874. The van der Waals surface area contributed by atoms with Gasteiger partial charge < -0.3 is 9.88 Å². The van der Waals surface area contributed by atoms with Crippen molar-refractivity contribution in [1.82, 2.24) is 19.8 Å². The van der Waals surface area contributed by atoms with Crippen LogP contribution in [0.5, 0.6) is 0 Å². The highest BCUT2D eigenvalue weighted by atomic mass is 15.2. The molecule has 2 unspecified atom stereocenters. The molecule has 2 heterocycles. The minimum absolute atomic E-state index is 0.604. The fourth-order valence-electron chi connectivity index (χ4n) is 2.51. The first-order chi connectivity index (χ1) is 7.65. The van der Waals surface area contributed by atoms with Crippen molar-refractivity contribution in [2.24, 2.45) is 0 Å². The van der Waals surface area contributed by atoms with Gasteiger partial charge in [-0.2, -0.15) is 0 Å². The molecule has 16 heavy (non-hydrogen) atoms. The molecule has 1 N–H and O–H groups in total. The molecule has 1 aliphatic rings. The van der Waals surface area contributed by atoms with Crippen molar-refractivity contribution in [3.8, 4) is 0 Å². The Kier molecular flexibility index (Phi) is 3.61. The Morgan fingerprint density at radius 3 is 2.56 bits per heavy atom. The monoisotopic (exact) mass is 222 g/mol. The van der Waals surface area contributed by atoms with Crippen molar-refractivity contribution in [1.29, 1.82) is 0 Å². The number of imidazole rings is 1. The Morgan fingerprint density at radius 2 is 2.00 bits per heavy atom. The summed E-state index contributed by atoms with van der Waals surface area (Å²) in [6, 6.07) is 1.21. The Morgan fingerprint density at radius 1 is 1.31 bits per heavy atom. The molecule has 1 saturated heterocycles. The molecule has 1 aromatic heterocycles. The van der Waals surface area contributed by atoms with Crippen LogP contribution in [0.3, 0.4) is 0 Å². The van der Waals surface area contributed by atoms with Crippen LogP contribution in [0.2, 0.25) is 0 Å². The number of hydrogen-bond acceptors (Lipinski definition) is 3. The van der Waals surface area contributed by atoms with Crippen LogP contribution in [0.1, 0.15) is 19.7 Å². The Bertz CT molecular complexity index is 324. The number of nitrogens with zero attached hydrogens (tertiary/aromatic N) is 3. The molecule has 0 radical (unpaired) electrons. The lowest BCUT2D eigenvalue weighted by Crippen LogP contribution is -2.54. The molecule has 0 amide bonds. The highest BCUT2D eigenvalue weighted by molar-refractivity contribution is 4.89. The largest absolute Gasteiger partial charge is 0.334 e. The average Bonchev–Trinajstić information content (AvgIpc) is 2.59. The maximum atomic E-state index is 4.24. The van der Waals surface area contributed by atoms with E-state index in [1.807, 2.05) is 6.20 Å². The molecule has 0 aromatic carbocycles. The van der Waals surface area contributed by atoms with Gasteiger partial charge in [0.2, 0.25) is 0 Å². The smallest absolute Gasteiger partial charge is 0.105 e. The summed E-state index contributed by atoms with van der Waals surface area (Å²) < 4.78 is 2.22. The van der Waals surface area contributed by atoms with E-state index in [1.54, 1.807) is 0 Å². The van der Waals surface area contributed by atoms with Crippen molar-refractivity contribution in [2.45, 2.75) is 39.4 Å². The van der Waals surface area contributed by atoms with Gasteiger partial charge in [0, 0.05) is 50.7 Å². The zero-order chi connectivity index (χ0) is 11.5. The van der Waals surface area contributed by atoms with E-state index in [0.717, 1.165) is 32.0 Å². The van der Waals surface area contributed by atoms with Crippen molar-refractivity contribution in [3.63, 3.8) is 0 Å². The fraction of sp³-hybridized carbons (Fsp3) is 0.750. The van der Waals surface area contributed by atoms with E-state index in [4.69, 9.17) is 0 Å². The molecular weight excluding hydrogens is 200 g/mol. The Hall–Kier alpha value is -0.870. The quantitative estimate of drug-likeness (QED) is 0.824. The van der Waals surface area contributed by atoms with Gasteiger partial charge in [0.25, 0.3) is 0 Å².